The maximum absolute atomic E-state index is 12.2. The number of carbonyl (C=O) groups excluding carboxylic acids is 2. The van der Waals surface area contributed by atoms with Crippen LogP contribution in [0.1, 0.15) is 17.3 Å². The number of morpholine rings is 1. The number of halogens is 2. The molecule has 3 N–H and O–H groups in total. The van der Waals surface area contributed by atoms with Crippen LogP contribution in [-0.2, 0) is 9.53 Å². The molecule has 1 heterocycles. The Balaban J connectivity index is 0.00000242. The molecular formula is C14H19BrClN3O3. The van der Waals surface area contributed by atoms with E-state index in [1.165, 1.54) is 0 Å². The van der Waals surface area contributed by atoms with E-state index in [-0.39, 0.29) is 24.2 Å². The number of nitrogens with one attached hydrogen (secondary N) is 1. The van der Waals surface area contributed by atoms with Gasteiger partial charge in [0.2, 0.25) is 5.91 Å². The molecule has 22 heavy (non-hydrogen) atoms. The molecule has 1 aliphatic heterocycles. The van der Waals surface area contributed by atoms with Crippen LogP contribution in [0.25, 0.3) is 0 Å². The van der Waals surface area contributed by atoms with Gasteiger partial charge in [-0.25, -0.2) is 0 Å². The number of carbonyl (C=O) groups is 2. The number of anilines is 1. The molecule has 122 valence electrons. The van der Waals surface area contributed by atoms with Crippen molar-refractivity contribution in [2.45, 2.75) is 13.0 Å². The summed E-state index contributed by atoms with van der Waals surface area (Å²) in [6.07, 6.45) is 0. The molecule has 0 aliphatic carbocycles. The maximum atomic E-state index is 12.2. The Morgan fingerprint density at radius 1 is 1.36 bits per heavy atom. The third-order valence-electron chi connectivity index (χ3n) is 3.30. The molecule has 0 radical (unpaired) electrons. The third-order valence-corrected chi connectivity index (χ3v) is 3.79. The Hall–Kier alpha value is -1.31. The molecule has 2 amide bonds. The maximum Gasteiger partial charge on any atom is 0.254 e. The highest BCUT2D eigenvalue weighted by molar-refractivity contribution is 9.10. The lowest BCUT2D eigenvalue weighted by molar-refractivity contribution is -0.136. The van der Waals surface area contributed by atoms with Crippen LogP contribution in [0.15, 0.2) is 22.7 Å². The normalized spacial score (nSPS) is 15.6. The summed E-state index contributed by atoms with van der Waals surface area (Å²) in [7, 11) is 0. The van der Waals surface area contributed by atoms with E-state index in [1.54, 1.807) is 30.0 Å². The first kappa shape index (κ1) is 18.7. The van der Waals surface area contributed by atoms with E-state index in [0.717, 1.165) is 4.47 Å². The Morgan fingerprint density at radius 2 is 2.00 bits per heavy atom. The van der Waals surface area contributed by atoms with Gasteiger partial charge in [-0.15, -0.1) is 12.4 Å². The molecule has 1 unspecified atom stereocenters. The van der Waals surface area contributed by atoms with Gasteiger partial charge < -0.3 is 20.7 Å². The molecule has 8 heteroatoms. The molecule has 1 fully saturated rings. The Morgan fingerprint density at radius 3 is 2.59 bits per heavy atom. The SMILES string of the molecule is CC(NC(=O)c1ccc(Br)cc1N)C(=O)N1CCOCC1.Cl. The van der Waals surface area contributed by atoms with E-state index < -0.39 is 6.04 Å². The van der Waals surface area contributed by atoms with Crippen molar-refractivity contribution in [3.8, 4) is 0 Å². The first-order chi connectivity index (χ1) is 9.99. The molecule has 1 atom stereocenters. The third kappa shape index (κ3) is 4.59. The van der Waals surface area contributed by atoms with E-state index >= 15 is 0 Å². The lowest BCUT2D eigenvalue weighted by atomic mass is 10.1. The van der Waals surface area contributed by atoms with E-state index in [1.807, 2.05) is 0 Å². The Labute approximate surface area is 143 Å². The second-order valence-electron chi connectivity index (χ2n) is 4.86. The largest absolute Gasteiger partial charge is 0.398 e. The van der Waals surface area contributed by atoms with Crippen molar-refractivity contribution >= 4 is 45.8 Å². The molecule has 0 bridgehead atoms. The molecule has 0 aromatic heterocycles. The lowest BCUT2D eigenvalue weighted by Gasteiger charge is -2.29. The van der Waals surface area contributed by atoms with Gasteiger partial charge in [-0.05, 0) is 25.1 Å². The van der Waals surface area contributed by atoms with Crippen LogP contribution in [0.3, 0.4) is 0 Å². The number of hydrogen-bond acceptors (Lipinski definition) is 4. The predicted octanol–water partition coefficient (Wildman–Crippen LogP) is 1.43. The van der Waals surface area contributed by atoms with Gasteiger partial charge in [-0.1, -0.05) is 15.9 Å². The molecule has 1 aliphatic rings. The zero-order chi connectivity index (χ0) is 15.4. The van der Waals surface area contributed by atoms with Crippen LogP contribution < -0.4 is 11.1 Å². The van der Waals surface area contributed by atoms with Gasteiger partial charge >= 0.3 is 0 Å². The van der Waals surface area contributed by atoms with E-state index in [0.29, 0.717) is 37.6 Å². The van der Waals surface area contributed by atoms with E-state index in [4.69, 9.17) is 10.5 Å². The van der Waals surface area contributed by atoms with Crippen molar-refractivity contribution in [1.29, 1.82) is 0 Å². The summed E-state index contributed by atoms with van der Waals surface area (Å²) in [5, 5.41) is 2.69. The lowest BCUT2D eigenvalue weighted by Crippen LogP contribution is -2.50. The quantitative estimate of drug-likeness (QED) is 0.762. The summed E-state index contributed by atoms with van der Waals surface area (Å²) in [4.78, 5) is 26.1. The second-order valence-corrected chi connectivity index (χ2v) is 5.78. The number of ether oxygens (including phenoxy) is 1. The van der Waals surface area contributed by atoms with Gasteiger partial charge in [0.15, 0.2) is 0 Å². The van der Waals surface area contributed by atoms with Crippen LogP contribution in [0.4, 0.5) is 5.69 Å². The van der Waals surface area contributed by atoms with Gasteiger partial charge in [0.25, 0.3) is 5.91 Å². The predicted molar refractivity (Wildman–Crippen MR) is 90.1 cm³/mol. The Bertz CT molecular complexity index is 550. The summed E-state index contributed by atoms with van der Waals surface area (Å²) < 4.78 is 6.00. The molecule has 1 aromatic rings. The van der Waals surface area contributed by atoms with Crippen molar-refractivity contribution in [3.05, 3.63) is 28.2 Å². The van der Waals surface area contributed by atoms with Crippen molar-refractivity contribution in [1.82, 2.24) is 10.2 Å². The number of hydrogen-bond donors (Lipinski definition) is 2. The second kappa shape index (κ2) is 8.36. The zero-order valence-electron chi connectivity index (χ0n) is 12.2. The molecule has 2 rings (SSSR count). The summed E-state index contributed by atoms with van der Waals surface area (Å²) in [6, 6.07) is 4.42. The fourth-order valence-electron chi connectivity index (χ4n) is 2.13. The van der Waals surface area contributed by atoms with Crippen molar-refractivity contribution in [3.63, 3.8) is 0 Å². The van der Waals surface area contributed by atoms with Gasteiger partial charge in [-0.2, -0.15) is 0 Å². The van der Waals surface area contributed by atoms with Gasteiger partial charge in [0.1, 0.15) is 6.04 Å². The number of nitrogen functional groups attached to an aromatic ring is 1. The highest BCUT2D eigenvalue weighted by Gasteiger charge is 2.24. The number of nitrogens with two attached hydrogens (primary N) is 1. The van der Waals surface area contributed by atoms with Crippen LogP contribution in [-0.4, -0.2) is 49.1 Å². The molecular weight excluding hydrogens is 374 g/mol. The monoisotopic (exact) mass is 391 g/mol. The van der Waals surface area contributed by atoms with Crippen molar-refractivity contribution in [2.24, 2.45) is 0 Å². The van der Waals surface area contributed by atoms with Gasteiger partial charge in [-0.3, -0.25) is 9.59 Å². The molecule has 0 spiro atoms. The minimum atomic E-state index is -0.598. The molecule has 0 saturated carbocycles. The van der Waals surface area contributed by atoms with Crippen LogP contribution in [0.2, 0.25) is 0 Å². The average molecular weight is 393 g/mol. The number of nitrogens with zero attached hydrogens (tertiary/aromatic N) is 1. The zero-order valence-corrected chi connectivity index (χ0v) is 14.6. The fraction of sp³-hybridized carbons (Fsp3) is 0.429. The summed E-state index contributed by atoms with van der Waals surface area (Å²) >= 11 is 3.29. The minimum Gasteiger partial charge on any atom is -0.398 e. The highest BCUT2D eigenvalue weighted by atomic mass is 79.9. The van der Waals surface area contributed by atoms with Gasteiger partial charge in [0.05, 0.1) is 18.8 Å². The van der Waals surface area contributed by atoms with Crippen molar-refractivity contribution < 1.29 is 14.3 Å². The van der Waals surface area contributed by atoms with E-state index in [9.17, 15) is 9.59 Å². The smallest absolute Gasteiger partial charge is 0.254 e. The summed E-state index contributed by atoms with van der Waals surface area (Å²) in [6.45, 7) is 3.85. The number of amides is 2. The van der Waals surface area contributed by atoms with Crippen molar-refractivity contribution in [2.75, 3.05) is 32.0 Å². The molecule has 1 aromatic carbocycles. The first-order valence-corrected chi connectivity index (χ1v) is 7.51. The topological polar surface area (TPSA) is 84.7 Å². The van der Waals surface area contributed by atoms with Crippen LogP contribution >= 0.6 is 28.3 Å². The fourth-order valence-corrected chi connectivity index (χ4v) is 2.51. The van der Waals surface area contributed by atoms with Gasteiger partial charge in [0, 0.05) is 23.2 Å². The average Bonchev–Trinajstić information content (AvgIpc) is 2.47. The summed E-state index contributed by atoms with van der Waals surface area (Å²) in [5.74, 6) is -0.462. The minimum absolute atomic E-state index is 0. The Kier molecular flexibility index (Phi) is 7.12. The number of rotatable bonds is 3. The number of benzene rings is 1. The summed E-state index contributed by atoms with van der Waals surface area (Å²) in [5.41, 5.74) is 6.54. The first-order valence-electron chi connectivity index (χ1n) is 6.71. The standard InChI is InChI=1S/C14H18BrN3O3.ClH/c1-9(14(20)18-4-6-21-7-5-18)17-13(19)11-3-2-10(15)8-12(11)16;/h2-3,8-9H,4-7,16H2,1H3,(H,17,19);1H. The molecule has 6 nitrogen and oxygen atoms in total. The molecule has 1 saturated heterocycles. The van der Waals surface area contributed by atoms with Crippen LogP contribution in [0, 0.1) is 0 Å². The highest BCUT2D eigenvalue weighted by Crippen LogP contribution is 2.18. The van der Waals surface area contributed by atoms with E-state index in [2.05, 4.69) is 21.2 Å². The van der Waals surface area contributed by atoms with Crippen LogP contribution in [0.5, 0.6) is 0 Å².